The molecule has 208 valence electrons. The largest absolute Gasteiger partial charge is 0.384 e. The van der Waals surface area contributed by atoms with Gasteiger partial charge in [0.15, 0.2) is 0 Å². The summed E-state index contributed by atoms with van der Waals surface area (Å²) in [6.45, 7) is 12.0. The van der Waals surface area contributed by atoms with Crippen molar-refractivity contribution < 1.29 is 0 Å². The summed E-state index contributed by atoms with van der Waals surface area (Å²) in [5.74, 6) is 1.92. The molecule has 4 heterocycles. The maximum Gasteiger partial charge on any atom is 0.227 e. The van der Waals surface area contributed by atoms with Crippen molar-refractivity contribution in [2.24, 2.45) is 0 Å². The van der Waals surface area contributed by atoms with Crippen LogP contribution < -0.4 is 20.0 Å². The topological polar surface area (TPSA) is 63.7 Å². The third-order valence-corrected chi connectivity index (χ3v) is 8.12. The van der Waals surface area contributed by atoms with E-state index in [1.165, 1.54) is 5.69 Å². The lowest BCUT2D eigenvalue weighted by atomic mass is 10.2. The minimum atomic E-state index is 0.714. The molecule has 2 aliphatic heterocycles. The number of nitrogens with zero attached hydrogens (tertiary/aromatic N) is 7. The number of hydrogen-bond acceptors (Lipinski definition) is 8. The van der Waals surface area contributed by atoms with Crippen molar-refractivity contribution in [3.63, 3.8) is 0 Å². The number of benzene rings is 2. The third-order valence-electron chi connectivity index (χ3n) is 7.88. The lowest BCUT2D eigenvalue weighted by Gasteiger charge is -2.37. The van der Waals surface area contributed by atoms with Crippen molar-refractivity contribution in [3.05, 3.63) is 77.6 Å². The van der Waals surface area contributed by atoms with Gasteiger partial charge in [0.1, 0.15) is 5.82 Å². The summed E-state index contributed by atoms with van der Waals surface area (Å²) in [4.78, 5) is 24.0. The summed E-state index contributed by atoms with van der Waals surface area (Å²) < 4.78 is 0. The van der Waals surface area contributed by atoms with Gasteiger partial charge in [-0.2, -0.15) is 4.98 Å². The van der Waals surface area contributed by atoms with Gasteiger partial charge in [0.05, 0.1) is 5.52 Å². The van der Waals surface area contributed by atoms with Gasteiger partial charge in [-0.1, -0.05) is 29.8 Å². The number of fused-ring (bicyclic) bond motifs is 1. The van der Waals surface area contributed by atoms with Crippen LogP contribution in [0.4, 0.5) is 23.1 Å². The third kappa shape index (κ3) is 6.24. The van der Waals surface area contributed by atoms with Crippen LogP contribution in [0.5, 0.6) is 0 Å². The molecule has 40 heavy (non-hydrogen) atoms. The quantitative estimate of drug-likeness (QED) is 0.306. The normalized spacial score (nSPS) is 16.5. The van der Waals surface area contributed by atoms with E-state index in [0.717, 1.165) is 106 Å². The van der Waals surface area contributed by atoms with Crippen LogP contribution in [0.25, 0.3) is 10.9 Å². The number of hydrogen-bond donors (Lipinski definition) is 1. The second-order valence-electron chi connectivity index (χ2n) is 10.6. The zero-order valence-corrected chi connectivity index (χ0v) is 23.9. The smallest absolute Gasteiger partial charge is 0.227 e. The van der Waals surface area contributed by atoms with Gasteiger partial charge >= 0.3 is 0 Å². The van der Waals surface area contributed by atoms with Gasteiger partial charge in [0.25, 0.3) is 0 Å². The van der Waals surface area contributed by atoms with Gasteiger partial charge in [0.2, 0.25) is 5.95 Å². The Morgan fingerprint density at radius 2 is 1.55 bits per heavy atom. The molecule has 0 radical (unpaired) electrons. The van der Waals surface area contributed by atoms with Crippen LogP contribution in [0.15, 0.2) is 66.9 Å². The summed E-state index contributed by atoms with van der Waals surface area (Å²) in [6.07, 6.45) is 2.92. The zero-order chi connectivity index (χ0) is 27.3. The maximum absolute atomic E-state index is 6.13. The van der Waals surface area contributed by atoms with E-state index in [1.807, 2.05) is 30.5 Å². The van der Waals surface area contributed by atoms with Crippen molar-refractivity contribution in [1.82, 2.24) is 19.9 Å². The summed E-state index contributed by atoms with van der Waals surface area (Å²) in [6, 6.07) is 20.7. The molecule has 2 aliphatic rings. The van der Waals surface area contributed by atoms with E-state index in [-0.39, 0.29) is 0 Å². The van der Waals surface area contributed by atoms with Gasteiger partial charge in [-0.05, 0) is 56.3 Å². The Hall–Kier alpha value is -3.62. The fraction of sp³-hybridized carbons (Fsp3) is 0.387. The first-order chi connectivity index (χ1) is 19.6. The lowest BCUT2D eigenvalue weighted by Crippen LogP contribution is -2.48. The van der Waals surface area contributed by atoms with Crippen molar-refractivity contribution in [2.75, 3.05) is 85.5 Å². The highest BCUT2D eigenvalue weighted by atomic mass is 35.5. The first-order valence-electron chi connectivity index (χ1n) is 14.3. The Labute approximate surface area is 241 Å². The summed E-state index contributed by atoms with van der Waals surface area (Å²) >= 11 is 6.13. The zero-order valence-electron chi connectivity index (χ0n) is 23.1. The maximum atomic E-state index is 6.13. The molecule has 8 nitrogen and oxygen atoms in total. The summed E-state index contributed by atoms with van der Waals surface area (Å²) in [7, 11) is 0. The molecule has 1 N–H and O–H groups in total. The Balaban J connectivity index is 0.979. The molecule has 0 aliphatic carbocycles. The molecular formula is C31H37ClN8. The van der Waals surface area contributed by atoms with Crippen LogP contribution in [0.2, 0.25) is 5.02 Å². The van der Waals surface area contributed by atoms with Gasteiger partial charge in [-0.15, -0.1) is 0 Å². The summed E-state index contributed by atoms with van der Waals surface area (Å²) in [5.41, 5.74) is 4.36. The van der Waals surface area contributed by atoms with E-state index in [9.17, 15) is 0 Å². The second-order valence-corrected chi connectivity index (χ2v) is 11.0. The number of halogens is 1. The first kappa shape index (κ1) is 26.6. The Morgan fingerprint density at radius 1 is 0.800 bits per heavy atom. The molecule has 6 rings (SSSR count). The molecule has 4 aromatic rings. The van der Waals surface area contributed by atoms with E-state index < -0.39 is 0 Å². The molecule has 2 saturated heterocycles. The Bertz CT molecular complexity index is 1420. The van der Waals surface area contributed by atoms with Crippen LogP contribution in [-0.4, -0.2) is 85.3 Å². The molecule has 0 saturated carbocycles. The van der Waals surface area contributed by atoms with Crippen molar-refractivity contribution >= 4 is 45.6 Å². The van der Waals surface area contributed by atoms with Crippen LogP contribution >= 0.6 is 11.6 Å². The number of piperazine rings is 2. The van der Waals surface area contributed by atoms with Gasteiger partial charge in [0, 0.05) is 98.6 Å². The number of rotatable bonds is 8. The van der Waals surface area contributed by atoms with E-state index in [2.05, 4.69) is 73.2 Å². The SMILES string of the molecule is Cc1cc(N2CCN(CCCNc3ccnc4cc(Cl)ccc34)CC2)nc(N2CCN(c3ccccc3)CC2)n1. The van der Waals surface area contributed by atoms with Gasteiger partial charge in [-0.25, -0.2) is 4.98 Å². The Kier molecular flexibility index (Phi) is 8.16. The molecular weight excluding hydrogens is 520 g/mol. The fourth-order valence-electron chi connectivity index (χ4n) is 5.65. The molecule has 2 fully saturated rings. The van der Waals surface area contributed by atoms with E-state index in [4.69, 9.17) is 21.6 Å². The van der Waals surface area contributed by atoms with Crippen molar-refractivity contribution in [1.29, 1.82) is 0 Å². The summed E-state index contributed by atoms with van der Waals surface area (Å²) in [5, 5.41) is 5.42. The van der Waals surface area contributed by atoms with Gasteiger partial charge in [-0.3, -0.25) is 9.88 Å². The minimum Gasteiger partial charge on any atom is -0.384 e. The number of para-hydroxylation sites is 1. The average Bonchev–Trinajstić information content (AvgIpc) is 3.00. The van der Waals surface area contributed by atoms with E-state index >= 15 is 0 Å². The molecule has 2 aromatic carbocycles. The number of pyridine rings is 1. The number of aromatic nitrogens is 3. The predicted octanol–water partition coefficient (Wildman–Crippen LogP) is 4.94. The predicted molar refractivity (Wildman–Crippen MR) is 166 cm³/mol. The molecule has 0 atom stereocenters. The first-order valence-corrected chi connectivity index (χ1v) is 14.7. The van der Waals surface area contributed by atoms with Crippen molar-refractivity contribution in [3.8, 4) is 0 Å². The number of nitrogens with one attached hydrogen (secondary N) is 1. The highest BCUT2D eigenvalue weighted by molar-refractivity contribution is 6.31. The van der Waals surface area contributed by atoms with E-state index in [0.29, 0.717) is 5.02 Å². The molecule has 9 heteroatoms. The standard InChI is InChI=1S/C31H37ClN8/c1-24-22-30(36-31(35-24)40-20-18-38(19-21-40)26-6-3-2-4-7-26)39-16-14-37(15-17-39)13-5-11-33-28-10-12-34-29-23-25(32)8-9-27(28)29/h2-4,6-10,12,22-23H,5,11,13-21H2,1H3,(H,33,34). The molecule has 0 spiro atoms. The molecule has 2 aromatic heterocycles. The van der Waals surface area contributed by atoms with Crippen LogP contribution in [0, 0.1) is 6.92 Å². The fourth-order valence-corrected chi connectivity index (χ4v) is 5.81. The molecule has 0 amide bonds. The van der Waals surface area contributed by atoms with Crippen molar-refractivity contribution in [2.45, 2.75) is 13.3 Å². The second kappa shape index (κ2) is 12.3. The number of anilines is 4. The van der Waals surface area contributed by atoms with Crippen LogP contribution in [0.1, 0.15) is 12.1 Å². The molecule has 0 unspecified atom stereocenters. The van der Waals surface area contributed by atoms with E-state index in [1.54, 1.807) is 0 Å². The monoisotopic (exact) mass is 556 g/mol. The van der Waals surface area contributed by atoms with Crippen LogP contribution in [0.3, 0.4) is 0 Å². The highest BCUT2D eigenvalue weighted by Gasteiger charge is 2.23. The highest BCUT2D eigenvalue weighted by Crippen LogP contribution is 2.25. The Morgan fingerprint density at radius 3 is 2.35 bits per heavy atom. The average molecular weight is 557 g/mol. The lowest BCUT2D eigenvalue weighted by molar-refractivity contribution is 0.256. The van der Waals surface area contributed by atoms with Gasteiger partial charge < -0.3 is 20.0 Å². The van der Waals surface area contributed by atoms with Crippen LogP contribution in [-0.2, 0) is 0 Å². The molecule has 0 bridgehead atoms. The minimum absolute atomic E-state index is 0.714. The number of aryl methyl sites for hydroxylation is 1.